The Morgan fingerprint density at radius 1 is 1.29 bits per heavy atom. The van der Waals surface area contributed by atoms with Crippen molar-refractivity contribution in [2.45, 2.75) is 32.9 Å². The first-order chi connectivity index (χ1) is 16.0. The normalized spacial score (nSPS) is 11.6. The van der Waals surface area contributed by atoms with Gasteiger partial charge in [-0.05, 0) is 50.6 Å². The fourth-order valence-electron chi connectivity index (χ4n) is 3.83. The van der Waals surface area contributed by atoms with Crippen LogP contribution in [0.1, 0.15) is 20.8 Å². The summed E-state index contributed by atoms with van der Waals surface area (Å²) in [5, 5.41) is 0.668. The molecular weight excluding hydrogens is 439 g/mol. The predicted molar refractivity (Wildman–Crippen MR) is 126 cm³/mol. The molecule has 1 aromatic carbocycles. The Bertz CT molecular complexity index is 1490. The maximum absolute atomic E-state index is 14.2. The van der Waals surface area contributed by atoms with Crippen LogP contribution in [-0.4, -0.2) is 44.1 Å². The van der Waals surface area contributed by atoms with Gasteiger partial charge >= 0.3 is 6.09 Å². The van der Waals surface area contributed by atoms with E-state index in [-0.39, 0.29) is 18.1 Å². The van der Waals surface area contributed by atoms with Gasteiger partial charge in [-0.3, -0.25) is 4.90 Å². The van der Waals surface area contributed by atoms with E-state index in [0.29, 0.717) is 39.6 Å². The van der Waals surface area contributed by atoms with Gasteiger partial charge in [-0.25, -0.2) is 24.0 Å². The van der Waals surface area contributed by atoms with Crippen LogP contribution in [0, 0.1) is 12.4 Å². The average molecular weight is 462 g/mol. The Kier molecular flexibility index (Phi) is 5.57. The number of imidazole rings is 1. The molecule has 9 nitrogen and oxygen atoms in total. The lowest BCUT2D eigenvalue weighted by Crippen LogP contribution is -2.34. The van der Waals surface area contributed by atoms with Crippen molar-refractivity contribution in [3.8, 4) is 11.3 Å². The first-order valence-electron chi connectivity index (χ1n) is 10.5. The third-order valence-corrected chi connectivity index (χ3v) is 5.23. The smallest absolute Gasteiger partial charge is 0.415 e. The number of hydrogen-bond acceptors (Lipinski definition) is 5. The Morgan fingerprint density at radius 3 is 2.68 bits per heavy atom. The average Bonchev–Trinajstić information content (AvgIpc) is 3.32. The van der Waals surface area contributed by atoms with E-state index in [1.165, 1.54) is 11.0 Å². The fraction of sp³-hybridized carbons (Fsp3) is 0.292. The topological polar surface area (TPSA) is 86.6 Å². The number of hydrogen-bond donors (Lipinski definition) is 0. The van der Waals surface area contributed by atoms with Crippen LogP contribution in [-0.2, 0) is 23.1 Å². The number of amides is 1. The molecule has 0 fully saturated rings. The monoisotopic (exact) mass is 462 g/mol. The van der Waals surface area contributed by atoms with E-state index in [4.69, 9.17) is 16.3 Å². The molecule has 4 rings (SSSR count). The van der Waals surface area contributed by atoms with Gasteiger partial charge in [0.2, 0.25) is 0 Å². The quantitative estimate of drug-likeness (QED) is 0.320. The number of pyridine rings is 1. The number of halogens is 1. The highest BCUT2D eigenvalue weighted by atomic mass is 19.1. The van der Waals surface area contributed by atoms with E-state index in [0.717, 1.165) is 6.07 Å². The second-order valence-electron chi connectivity index (χ2n) is 8.88. The van der Waals surface area contributed by atoms with Crippen LogP contribution in [0.2, 0.25) is 0 Å². The highest BCUT2D eigenvalue weighted by molar-refractivity contribution is 6.10. The van der Waals surface area contributed by atoms with Gasteiger partial charge in [-0.2, -0.15) is 0 Å². The molecule has 34 heavy (non-hydrogen) atoms. The number of carbonyl (C=O) groups excluding carboxylic acids is 2. The molecule has 3 aromatic heterocycles. The number of rotatable bonds is 4. The van der Waals surface area contributed by atoms with Crippen LogP contribution in [0.15, 0.2) is 30.6 Å². The van der Waals surface area contributed by atoms with E-state index >= 15 is 0 Å². The molecule has 174 valence electrons. The summed E-state index contributed by atoms with van der Waals surface area (Å²) in [7, 11) is 3.35. The third kappa shape index (κ3) is 3.96. The minimum Gasteiger partial charge on any atom is -0.443 e. The maximum atomic E-state index is 14.2. The molecule has 0 saturated carbocycles. The number of benzene rings is 1. The van der Waals surface area contributed by atoms with Crippen molar-refractivity contribution in [3.05, 3.63) is 47.8 Å². The standard InChI is InChI=1S/C24H23FN6O3/c1-24(2,3)34-23(33)30(6)22-19-20(29(5)13-27-19)17-12-18(31(7-8-32)21(17)28-22)14-9-15(25)11-16(10-14)26-4/h8-13H,7H2,1-3,5-6H3. The van der Waals surface area contributed by atoms with Crippen molar-refractivity contribution in [2.24, 2.45) is 7.05 Å². The zero-order valence-electron chi connectivity index (χ0n) is 19.5. The molecule has 0 spiro atoms. The molecule has 1 amide bonds. The highest BCUT2D eigenvalue weighted by Gasteiger charge is 2.26. The van der Waals surface area contributed by atoms with Gasteiger partial charge in [-0.1, -0.05) is 0 Å². The summed E-state index contributed by atoms with van der Waals surface area (Å²) in [4.78, 5) is 38.1. The number of ether oxygens (including phenoxy) is 1. The number of nitrogens with zero attached hydrogens (tertiary/aromatic N) is 6. The second kappa shape index (κ2) is 8.26. The molecule has 0 aliphatic rings. The number of aromatic nitrogens is 4. The highest BCUT2D eigenvalue weighted by Crippen LogP contribution is 2.36. The van der Waals surface area contributed by atoms with E-state index in [9.17, 15) is 14.0 Å². The van der Waals surface area contributed by atoms with Gasteiger partial charge in [0.25, 0.3) is 0 Å². The first-order valence-corrected chi connectivity index (χ1v) is 10.5. The fourth-order valence-corrected chi connectivity index (χ4v) is 3.83. The summed E-state index contributed by atoms with van der Waals surface area (Å²) >= 11 is 0. The second-order valence-corrected chi connectivity index (χ2v) is 8.88. The van der Waals surface area contributed by atoms with E-state index in [1.807, 2.05) is 7.05 Å². The number of carbonyl (C=O) groups is 2. The van der Waals surface area contributed by atoms with Gasteiger partial charge in [0.05, 0.1) is 25.0 Å². The summed E-state index contributed by atoms with van der Waals surface area (Å²) < 4.78 is 23.1. The van der Waals surface area contributed by atoms with E-state index < -0.39 is 17.5 Å². The number of aryl methyl sites for hydroxylation is 1. The van der Waals surface area contributed by atoms with Crippen molar-refractivity contribution in [3.63, 3.8) is 0 Å². The van der Waals surface area contributed by atoms with Crippen LogP contribution in [0.4, 0.5) is 20.7 Å². The summed E-state index contributed by atoms with van der Waals surface area (Å²) in [5.74, 6) is -0.300. The Labute approximate surface area is 195 Å². The predicted octanol–water partition coefficient (Wildman–Crippen LogP) is 4.85. The molecule has 0 bridgehead atoms. The summed E-state index contributed by atoms with van der Waals surface area (Å²) in [6.45, 7) is 12.5. The Balaban J connectivity index is 2.02. The van der Waals surface area contributed by atoms with Crippen molar-refractivity contribution < 1.29 is 18.7 Å². The van der Waals surface area contributed by atoms with Gasteiger partial charge in [0.15, 0.2) is 11.5 Å². The van der Waals surface area contributed by atoms with Crippen LogP contribution < -0.4 is 4.90 Å². The molecule has 0 unspecified atom stereocenters. The van der Waals surface area contributed by atoms with Crippen molar-refractivity contribution in [2.75, 3.05) is 11.9 Å². The largest absolute Gasteiger partial charge is 0.443 e. The molecule has 4 aromatic rings. The van der Waals surface area contributed by atoms with Crippen LogP contribution in [0.3, 0.4) is 0 Å². The van der Waals surface area contributed by atoms with Crippen molar-refractivity contribution in [1.29, 1.82) is 0 Å². The first kappa shape index (κ1) is 22.9. The minimum absolute atomic E-state index is 0.0609. The van der Waals surface area contributed by atoms with Crippen molar-refractivity contribution in [1.82, 2.24) is 19.1 Å². The van der Waals surface area contributed by atoms with Gasteiger partial charge in [0.1, 0.15) is 28.9 Å². The molecule has 0 N–H and O–H groups in total. The van der Waals surface area contributed by atoms with Crippen LogP contribution >= 0.6 is 0 Å². The minimum atomic E-state index is -0.707. The Morgan fingerprint density at radius 2 is 2.03 bits per heavy atom. The number of fused-ring (bicyclic) bond motifs is 3. The molecule has 0 aliphatic carbocycles. The van der Waals surface area contributed by atoms with E-state index in [1.54, 1.807) is 55.4 Å². The number of aldehydes is 1. The molecule has 10 heteroatoms. The lowest BCUT2D eigenvalue weighted by atomic mass is 10.1. The lowest BCUT2D eigenvalue weighted by Gasteiger charge is -2.24. The lowest BCUT2D eigenvalue weighted by molar-refractivity contribution is -0.108. The summed E-state index contributed by atoms with van der Waals surface area (Å²) in [5.41, 5.74) is 1.95. The SMILES string of the molecule is [C-]#[N+]c1cc(F)cc(-c2cc3c4c(ncn4C)c(N(C)C(=O)OC(C)(C)C)nc3n2CC=O)c1. The third-order valence-electron chi connectivity index (χ3n) is 5.23. The van der Waals surface area contributed by atoms with Gasteiger partial charge < -0.3 is 18.7 Å². The zero-order valence-corrected chi connectivity index (χ0v) is 19.5. The molecule has 0 radical (unpaired) electrons. The van der Waals surface area contributed by atoms with Crippen molar-refractivity contribution >= 4 is 46.0 Å². The van der Waals surface area contributed by atoms with Crippen LogP contribution in [0.25, 0.3) is 38.2 Å². The summed E-state index contributed by atoms with van der Waals surface area (Å²) in [6.07, 6.45) is 1.71. The Hall–Kier alpha value is -4.26. The van der Waals surface area contributed by atoms with Gasteiger partial charge in [-0.15, -0.1) is 0 Å². The van der Waals surface area contributed by atoms with E-state index in [2.05, 4.69) is 9.83 Å². The van der Waals surface area contributed by atoms with Crippen LogP contribution in [0.5, 0.6) is 0 Å². The zero-order chi connectivity index (χ0) is 24.8. The molecular formula is C24H23FN6O3. The summed E-state index contributed by atoms with van der Waals surface area (Å²) in [6, 6.07) is 5.79. The number of anilines is 1. The molecule has 0 aliphatic heterocycles. The molecule has 0 saturated heterocycles. The molecule has 3 heterocycles. The maximum Gasteiger partial charge on any atom is 0.415 e. The molecule has 0 atom stereocenters. The van der Waals surface area contributed by atoms with Gasteiger partial charge in [0, 0.05) is 25.2 Å².